The van der Waals surface area contributed by atoms with Gasteiger partial charge in [-0.3, -0.25) is 0 Å². The highest BCUT2D eigenvalue weighted by atomic mass is 32.1. The number of fused-ring (bicyclic) bond motifs is 18. The van der Waals surface area contributed by atoms with E-state index in [4.69, 9.17) is 0 Å². The van der Waals surface area contributed by atoms with Gasteiger partial charge in [-0.2, -0.15) is 0 Å². The second-order valence-corrected chi connectivity index (χ2v) is 25.4. The summed E-state index contributed by atoms with van der Waals surface area (Å²) in [4.78, 5) is 0. The zero-order valence-corrected chi connectivity index (χ0v) is 48.2. The fourth-order valence-electron chi connectivity index (χ4n) is 14.9. The molecular formula is C84H48S2. The van der Waals surface area contributed by atoms with Crippen molar-refractivity contribution in [1.82, 2.24) is 0 Å². The van der Waals surface area contributed by atoms with Gasteiger partial charge in [0.2, 0.25) is 0 Å². The van der Waals surface area contributed by atoms with Gasteiger partial charge in [0.15, 0.2) is 0 Å². The summed E-state index contributed by atoms with van der Waals surface area (Å²) in [5, 5.41) is 28.1. The van der Waals surface area contributed by atoms with Crippen LogP contribution in [0, 0.1) is 0 Å². The Morgan fingerprint density at radius 2 is 0.512 bits per heavy atom. The summed E-state index contributed by atoms with van der Waals surface area (Å²) >= 11 is 3.82. The molecule has 19 aromatic rings. The second-order valence-electron chi connectivity index (χ2n) is 23.3. The molecule has 0 spiro atoms. The monoisotopic (exact) mass is 1120 g/mol. The SMILES string of the molecule is c1ccc2c(c1)cc(-c1c3ccccc3c(-c3ccc4sc5c6cc(-c7ccc8ccc(-c9c%10ccccc%10c(-c%10ccc%11sc%12c%13ccccc%13ccc%12c%11c%10)c%10ccccc9%10)cc8c7)ccc6ccc5c4c3)c3ccccc13)c1ccccc12. The molecule has 2 aromatic heterocycles. The van der Waals surface area contributed by atoms with E-state index < -0.39 is 0 Å². The van der Waals surface area contributed by atoms with Gasteiger partial charge in [-0.1, -0.05) is 243 Å². The number of hydrogen-bond donors (Lipinski definition) is 0. The Balaban J connectivity index is 0.724. The van der Waals surface area contributed by atoms with Crippen LogP contribution in [0.3, 0.4) is 0 Å². The standard InChI is InChI=1S/C84H48S2/c1-4-18-60-50(15-1)35-39-71-74-47-56(37-41-77(74)85-83(60)71)80-65-23-9-7-21-63(65)79(64-22-8-10-24-66(64)80)55-34-30-49-29-32-52(43-58(49)44-55)53-33-31-51-36-40-72-75-48-57(38-42-78(75)86-84(72)73(51)45-53)81-67-25-11-13-27-69(67)82(70-28-14-12-26-68(70)81)76-46-54-16-2-3-17-59(54)61-19-5-6-20-62(61)76/h1-48H. The number of thiophene rings is 2. The maximum absolute atomic E-state index is 2.47. The molecule has 0 aliphatic carbocycles. The first-order valence-corrected chi connectivity index (χ1v) is 31.3. The first-order valence-electron chi connectivity index (χ1n) is 29.7. The third kappa shape index (κ3) is 7.09. The van der Waals surface area contributed by atoms with E-state index in [1.165, 1.54) is 193 Å². The van der Waals surface area contributed by atoms with Gasteiger partial charge in [-0.05, 0) is 196 Å². The minimum Gasteiger partial charge on any atom is -0.135 e. The van der Waals surface area contributed by atoms with Crippen LogP contribution < -0.4 is 0 Å². The molecular weight excluding hydrogens is 1070 g/mol. The molecule has 0 saturated heterocycles. The van der Waals surface area contributed by atoms with Crippen molar-refractivity contribution >= 4 is 160 Å². The minimum absolute atomic E-state index is 1.21. The lowest BCUT2D eigenvalue weighted by atomic mass is 9.83. The van der Waals surface area contributed by atoms with E-state index >= 15 is 0 Å². The lowest BCUT2D eigenvalue weighted by Gasteiger charge is -2.19. The van der Waals surface area contributed by atoms with Crippen molar-refractivity contribution in [3.05, 3.63) is 291 Å². The van der Waals surface area contributed by atoms with Crippen molar-refractivity contribution in [2.75, 3.05) is 0 Å². The highest BCUT2D eigenvalue weighted by Gasteiger charge is 2.22. The summed E-state index contributed by atoms with van der Waals surface area (Å²) in [6, 6.07) is 110. The van der Waals surface area contributed by atoms with Crippen LogP contribution in [-0.4, -0.2) is 0 Å². The van der Waals surface area contributed by atoms with E-state index in [2.05, 4.69) is 291 Å². The Bertz CT molecular complexity index is 6040. The van der Waals surface area contributed by atoms with Crippen molar-refractivity contribution in [1.29, 1.82) is 0 Å². The Morgan fingerprint density at radius 1 is 0.163 bits per heavy atom. The molecule has 396 valence electrons. The lowest BCUT2D eigenvalue weighted by molar-refractivity contribution is 1.67. The van der Waals surface area contributed by atoms with Crippen molar-refractivity contribution in [2.45, 2.75) is 0 Å². The Labute approximate surface area is 503 Å². The molecule has 0 bridgehead atoms. The van der Waals surface area contributed by atoms with Crippen LogP contribution in [0.4, 0.5) is 0 Å². The third-order valence-corrected chi connectivity index (χ3v) is 21.2. The normalized spacial score (nSPS) is 12.2. The van der Waals surface area contributed by atoms with Gasteiger partial charge >= 0.3 is 0 Å². The molecule has 17 aromatic carbocycles. The Kier molecular flexibility index (Phi) is 10.3. The van der Waals surface area contributed by atoms with E-state index in [1.807, 2.05) is 22.7 Å². The first kappa shape index (κ1) is 48.0. The molecule has 0 N–H and O–H groups in total. The molecule has 0 unspecified atom stereocenters. The maximum atomic E-state index is 2.47. The Morgan fingerprint density at radius 3 is 1.06 bits per heavy atom. The van der Waals surface area contributed by atoms with E-state index in [0.717, 1.165) is 0 Å². The van der Waals surface area contributed by atoms with Gasteiger partial charge < -0.3 is 0 Å². The average Bonchev–Trinajstić information content (AvgIpc) is 2.01. The van der Waals surface area contributed by atoms with E-state index in [9.17, 15) is 0 Å². The molecule has 0 nitrogen and oxygen atoms in total. The van der Waals surface area contributed by atoms with Gasteiger partial charge in [0.05, 0.1) is 0 Å². The molecule has 86 heavy (non-hydrogen) atoms. The summed E-state index contributed by atoms with van der Waals surface area (Å²) in [7, 11) is 0. The molecule has 0 aliphatic heterocycles. The van der Waals surface area contributed by atoms with Crippen LogP contribution in [0.15, 0.2) is 291 Å². The van der Waals surface area contributed by atoms with Gasteiger partial charge in [-0.15, -0.1) is 22.7 Å². The second kappa shape index (κ2) is 18.5. The van der Waals surface area contributed by atoms with E-state index in [-0.39, 0.29) is 0 Å². The highest BCUT2D eigenvalue weighted by molar-refractivity contribution is 7.27. The predicted molar refractivity (Wildman–Crippen MR) is 377 cm³/mol. The largest absolute Gasteiger partial charge is 0.135 e. The quantitative estimate of drug-likeness (QED) is 0.119. The fraction of sp³-hybridized carbons (Fsp3) is 0. The van der Waals surface area contributed by atoms with Gasteiger partial charge in [0.1, 0.15) is 0 Å². The zero-order chi connectivity index (χ0) is 56.1. The molecule has 0 aliphatic rings. The zero-order valence-electron chi connectivity index (χ0n) is 46.5. The molecule has 19 rings (SSSR count). The molecule has 2 heteroatoms. The van der Waals surface area contributed by atoms with Gasteiger partial charge in [0.25, 0.3) is 0 Å². The summed E-state index contributed by atoms with van der Waals surface area (Å²) in [6.07, 6.45) is 0. The average molecular weight is 1120 g/mol. The minimum atomic E-state index is 1.21. The summed E-state index contributed by atoms with van der Waals surface area (Å²) in [6.45, 7) is 0. The van der Waals surface area contributed by atoms with E-state index in [0.29, 0.717) is 0 Å². The molecule has 0 fully saturated rings. The predicted octanol–water partition coefficient (Wildman–Crippen LogP) is 25.1. The van der Waals surface area contributed by atoms with E-state index in [1.54, 1.807) is 0 Å². The van der Waals surface area contributed by atoms with Crippen LogP contribution in [-0.2, 0) is 0 Å². The number of benzene rings is 17. The summed E-state index contributed by atoms with van der Waals surface area (Å²) < 4.78 is 5.30. The van der Waals surface area contributed by atoms with Crippen molar-refractivity contribution in [3.63, 3.8) is 0 Å². The van der Waals surface area contributed by atoms with Crippen LogP contribution in [0.5, 0.6) is 0 Å². The topological polar surface area (TPSA) is 0 Å². The van der Waals surface area contributed by atoms with Gasteiger partial charge in [0, 0.05) is 45.7 Å². The van der Waals surface area contributed by atoms with Crippen molar-refractivity contribution < 1.29 is 0 Å². The first-order chi connectivity index (χ1) is 42.6. The number of hydrogen-bond acceptors (Lipinski definition) is 2. The third-order valence-electron chi connectivity index (χ3n) is 18.8. The maximum Gasteiger partial charge on any atom is 0.0434 e. The highest BCUT2D eigenvalue weighted by Crippen LogP contribution is 2.50. The van der Waals surface area contributed by atoms with Crippen LogP contribution >= 0.6 is 22.7 Å². The summed E-state index contributed by atoms with van der Waals surface area (Å²) in [5.41, 5.74) is 12.5. The van der Waals surface area contributed by atoms with Crippen LogP contribution in [0.2, 0.25) is 0 Å². The smallest absolute Gasteiger partial charge is 0.0434 e. The van der Waals surface area contributed by atoms with Crippen LogP contribution in [0.1, 0.15) is 0 Å². The molecule has 0 amide bonds. The fourth-order valence-corrected chi connectivity index (χ4v) is 17.3. The van der Waals surface area contributed by atoms with Crippen molar-refractivity contribution in [3.8, 4) is 55.6 Å². The Hall–Kier alpha value is -10.5. The molecule has 0 saturated carbocycles. The van der Waals surface area contributed by atoms with Crippen molar-refractivity contribution in [2.24, 2.45) is 0 Å². The molecule has 2 heterocycles. The molecule has 0 radical (unpaired) electrons. The summed E-state index contributed by atoms with van der Waals surface area (Å²) in [5.74, 6) is 0. The molecule has 0 atom stereocenters. The van der Waals surface area contributed by atoms with Gasteiger partial charge in [-0.25, -0.2) is 0 Å². The van der Waals surface area contributed by atoms with Crippen LogP contribution in [0.25, 0.3) is 193 Å². The lowest BCUT2D eigenvalue weighted by Crippen LogP contribution is -1.92. The number of rotatable bonds is 5.